The molecule has 0 aliphatic heterocycles. The molecule has 4 rings (SSSR count). The molecule has 0 bridgehead atoms. The number of para-hydroxylation sites is 2. The molecule has 0 aromatic heterocycles. The van der Waals surface area contributed by atoms with Crippen molar-refractivity contribution in [1.82, 2.24) is 0 Å². The minimum atomic E-state index is -2.09. The van der Waals surface area contributed by atoms with E-state index in [0.717, 1.165) is 22.3 Å². The molecule has 2 unspecified atom stereocenters. The van der Waals surface area contributed by atoms with Gasteiger partial charge in [-0.1, -0.05) is 97.1 Å². The fourth-order valence-electron chi connectivity index (χ4n) is 3.99. The zero-order valence-corrected chi connectivity index (χ0v) is 23.5. The van der Waals surface area contributed by atoms with Gasteiger partial charge in [0.05, 0.1) is 0 Å². The summed E-state index contributed by atoms with van der Waals surface area (Å²) in [6, 6.07) is 35.1. The van der Waals surface area contributed by atoms with Gasteiger partial charge in [0.2, 0.25) is 12.6 Å². The molecule has 0 saturated heterocycles. The van der Waals surface area contributed by atoms with Gasteiger partial charge in [-0.3, -0.25) is 8.37 Å². The lowest BCUT2D eigenvalue weighted by molar-refractivity contribution is -0.104. The minimum Gasteiger partial charge on any atom is -0.462 e. The van der Waals surface area contributed by atoms with Gasteiger partial charge in [0.1, 0.15) is 24.7 Å². The Balaban J connectivity index is 1.34. The number of ether oxygens (including phenoxy) is 4. The van der Waals surface area contributed by atoms with E-state index in [4.69, 9.17) is 27.3 Å². The van der Waals surface area contributed by atoms with Gasteiger partial charge >= 0.3 is 11.4 Å². The number of hydrogen-bond acceptors (Lipinski definition) is 7. The maximum absolute atomic E-state index is 12.6. The summed E-state index contributed by atoms with van der Waals surface area (Å²) < 4.78 is 47.1. The lowest BCUT2D eigenvalue weighted by Gasteiger charge is -2.21. The quantitative estimate of drug-likeness (QED) is 0.139. The van der Waals surface area contributed by atoms with E-state index >= 15 is 0 Å². The Morgan fingerprint density at radius 2 is 0.925 bits per heavy atom. The Morgan fingerprint density at radius 3 is 1.32 bits per heavy atom. The lowest BCUT2D eigenvalue weighted by atomic mass is 10.1. The molecule has 8 heteroatoms. The van der Waals surface area contributed by atoms with Crippen LogP contribution < -0.4 is 9.47 Å². The van der Waals surface area contributed by atoms with Crippen LogP contribution in [0.2, 0.25) is 0 Å². The van der Waals surface area contributed by atoms with Crippen molar-refractivity contribution in [3.63, 3.8) is 0 Å². The minimum absolute atomic E-state index is 0.111. The first-order valence-electron chi connectivity index (χ1n) is 13.2. The third kappa shape index (κ3) is 8.74. The zero-order valence-electron chi connectivity index (χ0n) is 22.6. The van der Waals surface area contributed by atoms with E-state index in [2.05, 4.69) is 0 Å². The molecular weight excluding hydrogens is 528 g/mol. The van der Waals surface area contributed by atoms with Gasteiger partial charge in [0.15, 0.2) is 0 Å². The molecule has 40 heavy (non-hydrogen) atoms. The Morgan fingerprint density at radius 1 is 0.550 bits per heavy atom. The average Bonchev–Trinajstić information content (AvgIpc) is 3.00. The van der Waals surface area contributed by atoms with Crippen LogP contribution in [0.3, 0.4) is 0 Å². The molecule has 0 aliphatic rings. The van der Waals surface area contributed by atoms with E-state index in [1.165, 1.54) is 0 Å². The van der Waals surface area contributed by atoms with Crippen molar-refractivity contribution < 1.29 is 31.5 Å². The van der Waals surface area contributed by atoms with Gasteiger partial charge in [0, 0.05) is 24.3 Å². The van der Waals surface area contributed by atoms with Crippen LogP contribution >= 0.6 is 0 Å². The Kier molecular flexibility index (Phi) is 11.7. The van der Waals surface area contributed by atoms with E-state index < -0.39 is 23.9 Å². The van der Waals surface area contributed by atoms with Gasteiger partial charge in [-0.25, -0.2) is 0 Å². The summed E-state index contributed by atoms with van der Waals surface area (Å²) in [5.74, 6) is 1.26. The second kappa shape index (κ2) is 15.9. The number of hydrogen-bond donors (Lipinski definition) is 0. The maximum Gasteiger partial charge on any atom is 0.305 e. The predicted molar refractivity (Wildman–Crippen MR) is 156 cm³/mol. The van der Waals surface area contributed by atoms with Crippen LogP contribution in [0.1, 0.15) is 13.8 Å². The SMILES string of the molecule is CCOC(COS(=O)OCC(OCC)Oc1ccccc1-c1ccccc1)Oc1ccccc1-c1ccccc1. The van der Waals surface area contributed by atoms with Gasteiger partial charge in [-0.05, 0) is 37.1 Å². The van der Waals surface area contributed by atoms with Crippen LogP contribution in [0.4, 0.5) is 0 Å². The largest absolute Gasteiger partial charge is 0.462 e. The predicted octanol–water partition coefficient (Wildman–Crippen LogP) is 6.82. The van der Waals surface area contributed by atoms with Crippen molar-refractivity contribution in [2.75, 3.05) is 26.4 Å². The molecule has 210 valence electrons. The molecule has 0 fully saturated rings. The molecule has 0 aliphatic carbocycles. The number of benzene rings is 4. The van der Waals surface area contributed by atoms with Crippen molar-refractivity contribution in [2.45, 2.75) is 26.4 Å². The van der Waals surface area contributed by atoms with E-state index in [0.29, 0.717) is 24.7 Å². The van der Waals surface area contributed by atoms with Crippen molar-refractivity contribution in [3.8, 4) is 33.8 Å². The van der Waals surface area contributed by atoms with Crippen molar-refractivity contribution >= 4 is 11.4 Å². The molecule has 0 amide bonds. The third-order valence-electron chi connectivity index (χ3n) is 5.77. The summed E-state index contributed by atoms with van der Waals surface area (Å²) in [4.78, 5) is 0. The van der Waals surface area contributed by atoms with Crippen LogP contribution in [0.15, 0.2) is 109 Å². The van der Waals surface area contributed by atoms with Crippen molar-refractivity contribution in [2.24, 2.45) is 0 Å². The smallest absolute Gasteiger partial charge is 0.305 e. The molecule has 0 heterocycles. The highest BCUT2D eigenvalue weighted by molar-refractivity contribution is 7.75. The second-order valence-corrected chi connectivity index (χ2v) is 9.38. The Hall–Kier alpha value is -3.53. The number of rotatable bonds is 16. The fraction of sp³-hybridized carbons (Fsp3) is 0.250. The topological polar surface area (TPSA) is 72.5 Å². The summed E-state index contributed by atoms with van der Waals surface area (Å²) in [6.45, 7) is 4.25. The first-order chi connectivity index (χ1) is 19.7. The van der Waals surface area contributed by atoms with Crippen LogP contribution in [0, 0.1) is 0 Å². The summed E-state index contributed by atoms with van der Waals surface area (Å²) in [5.41, 5.74) is 3.85. The summed E-state index contributed by atoms with van der Waals surface area (Å²) in [5, 5.41) is 0. The van der Waals surface area contributed by atoms with Gasteiger partial charge in [0.25, 0.3) is 0 Å². The summed E-state index contributed by atoms with van der Waals surface area (Å²) in [6.07, 6.45) is -1.58. The molecule has 0 spiro atoms. The van der Waals surface area contributed by atoms with Gasteiger partial charge < -0.3 is 18.9 Å². The summed E-state index contributed by atoms with van der Waals surface area (Å²) in [7, 11) is 0. The van der Waals surface area contributed by atoms with Crippen LogP contribution in [-0.2, 0) is 29.2 Å². The first kappa shape index (κ1) is 29.5. The Bertz CT molecular complexity index is 1220. The fourth-order valence-corrected chi connectivity index (χ4v) is 4.51. The molecule has 0 N–H and O–H groups in total. The van der Waals surface area contributed by atoms with Gasteiger partial charge in [-0.15, -0.1) is 0 Å². The van der Waals surface area contributed by atoms with Crippen LogP contribution in [0.5, 0.6) is 11.5 Å². The lowest BCUT2D eigenvalue weighted by Crippen LogP contribution is -2.30. The van der Waals surface area contributed by atoms with Crippen molar-refractivity contribution in [1.29, 1.82) is 0 Å². The highest BCUT2D eigenvalue weighted by atomic mass is 32.2. The average molecular weight is 563 g/mol. The molecule has 4 aromatic rings. The molecule has 2 atom stereocenters. The van der Waals surface area contributed by atoms with E-state index in [-0.39, 0.29) is 13.2 Å². The van der Waals surface area contributed by atoms with Crippen LogP contribution in [-0.4, -0.2) is 43.2 Å². The van der Waals surface area contributed by atoms with E-state index in [1.807, 2.05) is 123 Å². The molecule has 0 radical (unpaired) electrons. The van der Waals surface area contributed by atoms with Crippen molar-refractivity contribution in [3.05, 3.63) is 109 Å². The van der Waals surface area contributed by atoms with Crippen LogP contribution in [0.25, 0.3) is 22.3 Å². The molecule has 4 aromatic carbocycles. The summed E-state index contributed by atoms with van der Waals surface area (Å²) >= 11 is -2.09. The molecule has 7 nitrogen and oxygen atoms in total. The Labute approximate surface area is 238 Å². The molecule has 0 saturated carbocycles. The normalized spacial score (nSPS) is 13.3. The third-order valence-corrected chi connectivity index (χ3v) is 6.42. The zero-order chi connectivity index (χ0) is 28.0. The first-order valence-corrected chi connectivity index (χ1v) is 14.2. The maximum atomic E-state index is 12.6. The van der Waals surface area contributed by atoms with Gasteiger partial charge in [-0.2, -0.15) is 4.21 Å². The molecular formula is C32H34O7S. The highest BCUT2D eigenvalue weighted by Gasteiger charge is 2.19. The highest BCUT2D eigenvalue weighted by Crippen LogP contribution is 2.31. The van der Waals surface area contributed by atoms with E-state index in [1.54, 1.807) is 0 Å². The standard InChI is InChI=1S/C32H34O7S/c1-3-34-31(38-29-21-13-11-19-27(29)25-15-7-5-8-16-25)23-36-40(33)37-24-32(35-4-2)39-30-22-14-12-20-28(30)26-17-9-6-10-18-26/h5-22,31-32H,3-4,23-24H2,1-2H3. The van der Waals surface area contributed by atoms with E-state index in [9.17, 15) is 4.21 Å². The second-order valence-electron chi connectivity index (χ2n) is 8.50. The monoisotopic (exact) mass is 562 g/mol.